The molecule has 8 nitrogen and oxygen atoms in total. The molecule has 1 aliphatic heterocycles. The molecule has 1 saturated heterocycles. The zero-order valence-corrected chi connectivity index (χ0v) is 19.5. The Labute approximate surface area is 210 Å². The van der Waals surface area contributed by atoms with Crippen molar-refractivity contribution in [3.63, 3.8) is 0 Å². The predicted molar refractivity (Wildman–Crippen MR) is 130 cm³/mol. The highest BCUT2D eigenvalue weighted by atomic mass is 19.3. The van der Waals surface area contributed by atoms with Crippen LogP contribution in [0.4, 0.5) is 14.5 Å². The lowest BCUT2D eigenvalue weighted by Gasteiger charge is -2.22. The van der Waals surface area contributed by atoms with Crippen LogP contribution >= 0.6 is 0 Å². The van der Waals surface area contributed by atoms with Gasteiger partial charge in [0, 0.05) is 30.3 Å². The molecule has 0 bridgehead atoms. The van der Waals surface area contributed by atoms with Crippen LogP contribution in [0.25, 0.3) is 11.0 Å². The quantitative estimate of drug-likeness (QED) is 0.383. The number of rotatable bonds is 8. The first-order valence-electron chi connectivity index (χ1n) is 11.6. The largest absolute Gasteiger partial charge is 0.486 e. The topological polar surface area (TPSA) is 101 Å². The molecule has 0 radical (unpaired) electrons. The van der Waals surface area contributed by atoms with E-state index in [0.717, 1.165) is 0 Å². The Bertz CT molecular complexity index is 1470. The number of imidazole rings is 1. The Hall–Kier alpha value is -4.33. The van der Waals surface area contributed by atoms with Crippen molar-refractivity contribution < 1.29 is 28.2 Å². The van der Waals surface area contributed by atoms with Crippen LogP contribution in [0, 0.1) is 11.3 Å². The van der Waals surface area contributed by atoms with E-state index >= 15 is 0 Å². The first-order chi connectivity index (χ1) is 17.9. The minimum Gasteiger partial charge on any atom is -0.486 e. The number of hydrogen-bond donors (Lipinski definition) is 1. The van der Waals surface area contributed by atoms with Gasteiger partial charge in [-0.15, -0.1) is 0 Å². The van der Waals surface area contributed by atoms with Gasteiger partial charge in [0.15, 0.2) is 6.23 Å². The van der Waals surface area contributed by atoms with E-state index in [-0.39, 0.29) is 12.5 Å². The molecule has 1 aliphatic rings. The highest BCUT2D eigenvalue weighted by molar-refractivity contribution is 5.98. The summed E-state index contributed by atoms with van der Waals surface area (Å²) in [5.74, 6) is 0.355. The van der Waals surface area contributed by atoms with Crippen LogP contribution < -0.4 is 9.64 Å². The third-order valence-corrected chi connectivity index (χ3v) is 6.12. The van der Waals surface area contributed by atoms with Gasteiger partial charge in [-0.2, -0.15) is 14.0 Å². The monoisotopic (exact) mass is 504 g/mol. The Morgan fingerprint density at radius 3 is 2.62 bits per heavy atom. The third kappa shape index (κ3) is 5.00. The van der Waals surface area contributed by atoms with Crippen molar-refractivity contribution in [3.05, 3.63) is 89.7 Å². The second kappa shape index (κ2) is 10.3. The molecule has 10 heteroatoms. The van der Waals surface area contributed by atoms with Gasteiger partial charge >= 0.3 is 6.61 Å². The van der Waals surface area contributed by atoms with Gasteiger partial charge in [0.25, 0.3) is 5.91 Å². The van der Waals surface area contributed by atoms with E-state index in [9.17, 15) is 23.9 Å². The molecule has 1 amide bonds. The summed E-state index contributed by atoms with van der Waals surface area (Å²) >= 11 is 0. The van der Waals surface area contributed by atoms with Crippen LogP contribution in [0.15, 0.2) is 72.8 Å². The van der Waals surface area contributed by atoms with Crippen molar-refractivity contribution in [2.75, 3.05) is 11.4 Å². The van der Waals surface area contributed by atoms with Crippen LogP contribution in [-0.2, 0) is 16.1 Å². The highest BCUT2D eigenvalue weighted by Crippen LogP contribution is 2.31. The molecule has 4 aromatic rings. The summed E-state index contributed by atoms with van der Waals surface area (Å²) in [6.07, 6.45) is -1.90. The van der Waals surface area contributed by atoms with Crippen LogP contribution in [0.5, 0.6) is 5.75 Å². The number of aliphatic hydroxyl groups excluding tert-OH is 1. The van der Waals surface area contributed by atoms with E-state index in [1.165, 1.54) is 9.47 Å². The molecule has 2 atom stereocenters. The number of alkyl halides is 2. The minimum atomic E-state index is -3.07. The maximum absolute atomic E-state index is 13.6. The molecule has 5 rings (SSSR count). The highest BCUT2D eigenvalue weighted by Gasteiger charge is 2.31. The standard InChI is InChI=1S/C27H22F2N4O4/c28-27(29)37-26(18-5-2-1-3-6-18)33-22-13-17(15-30)9-10-21(22)31-24(33)16-36-20-8-4-7-19(14-20)32-12-11-23(34)25(32)35/h1-10,13-14,23,26-27,34H,11-12,16H2/t23-,26?/m0/s1. The zero-order chi connectivity index (χ0) is 25.9. The lowest BCUT2D eigenvalue weighted by atomic mass is 10.1. The minimum absolute atomic E-state index is 0.105. The number of aliphatic hydroxyl groups is 1. The van der Waals surface area contributed by atoms with E-state index < -0.39 is 18.9 Å². The number of nitriles is 1. The van der Waals surface area contributed by atoms with Crippen molar-refractivity contribution in [2.45, 2.75) is 32.0 Å². The van der Waals surface area contributed by atoms with Crippen molar-refractivity contribution in [1.82, 2.24) is 9.55 Å². The van der Waals surface area contributed by atoms with Gasteiger partial charge in [0.1, 0.15) is 24.3 Å². The predicted octanol–water partition coefficient (Wildman–Crippen LogP) is 4.37. The maximum Gasteiger partial charge on any atom is 0.347 e. The average molecular weight is 504 g/mol. The molecule has 0 saturated carbocycles. The molecule has 37 heavy (non-hydrogen) atoms. The third-order valence-electron chi connectivity index (χ3n) is 6.12. The first-order valence-corrected chi connectivity index (χ1v) is 11.6. The molecule has 0 aliphatic carbocycles. The van der Waals surface area contributed by atoms with Gasteiger partial charge in [0.2, 0.25) is 0 Å². The summed E-state index contributed by atoms with van der Waals surface area (Å²) in [4.78, 5) is 18.3. The van der Waals surface area contributed by atoms with Crippen LogP contribution in [0.1, 0.15) is 29.6 Å². The van der Waals surface area contributed by atoms with Gasteiger partial charge in [-0.05, 0) is 30.3 Å². The van der Waals surface area contributed by atoms with E-state index in [0.29, 0.717) is 52.4 Å². The Balaban J connectivity index is 1.52. The van der Waals surface area contributed by atoms with Gasteiger partial charge in [0.05, 0.1) is 22.7 Å². The molecule has 1 fully saturated rings. The van der Waals surface area contributed by atoms with Gasteiger partial charge in [-0.3, -0.25) is 14.1 Å². The fourth-order valence-corrected chi connectivity index (χ4v) is 4.39. The second-order valence-corrected chi connectivity index (χ2v) is 8.45. The van der Waals surface area contributed by atoms with Crippen molar-refractivity contribution in [2.24, 2.45) is 0 Å². The lowest BCUT2D eigenvalue weighted by molar-refractivity contribution is -0.172. The number of amides is 1. The van der Waals surface area contributed by atoms with Gasteiger partial charge in [-0.1, -0.05) is 36.4 Å². The summed E-state index contributed by atoms with van der Waals surface area (Å²) in [5.41, 5.74) is 2.32. The Kier molecular flexibility index (Phi) is 6.81. The summed E-state index contributed by atoms with van der Waals surface area (Å²) in [6, 6.07) is 22.2. The van der Waals surface area contributed by atoms with Crippen LogP contribution in [0.2, 0.25) is 0 Å². The lowest BCUT2D eigenvalue weighted by Crippen LogP contribution is -2.28. The summed E-state index contributed by atoms with van der Waals surface area (Å²) in [6.45, 7) is -2.78. The van der Waals surface area contributed by atoms with Crippen molar-refractivity contribution in [3.8, 4) is 11.8 Å². The first kappa shape index (κ1) is 24.4. The number of carbonyl (C=O) groups excluding carboxylic acids is 1. The molecule has 1 unspecified atom stereocenters. The number of aromatic nitrogens is 2. The number of benzene rings is 3. The molecule has 188 valence electrons. The zero-order valence-electron chi connectivity index (χ0n) is 19.5. The molecule has 3 aromatic carbocycles. The maximum atomic E-state index is 13.6. The molecule has 2 heterocycles. The molecule has 1 N–H and O–H groups in total. The number of halogens is 2. The van der Waals surface area contributed by atoms with E-state index in [1.54, 1.807) is 72.8 Å². The number of fused-ring (bicyclic) bond motifs is 1. The average Bonchev–Trinajstić information content (AvgIpc) is 3.45. The molecule has 0 spiro atoms. The number of carbonyl (C=O) groups is 1. The second-order valence-electron chi connectivity index (χ2n) is 8.45. The van der Waals surface area contributed by atoms with Crippen molar-refractivity contribution in [1.29, 1.82) is 5.26 Å². The Morgan fingerprint density at radius 1 is 1.11 bits per heavy atom. The fourth-order valence-electron chi connectivity index (χ4n) is 4.39. The Morgan fingerprint density at radius 2 is 1.92 bits per heavy atom. The summed E-state index contributed by atoms with van der Waals surface area (Å²) in [5, 5.41) is 19.2. The van der Waals surface area contributed by atoms with Gasteiger partial charge in [-0.25, -0.2) is 4.98 Å². The SMILES string of the molecule is N#Cc1ccc2nc(COc3cccc(N4CC[C@H](O)C4=O)c3)n(C(OC(F)F)c3ccccc3)c2c1. The number of anilines is 1. The van der Waals surface area contributed by atoms with Crippen LogP contribution in [-0.4, -0.2) is 39.8 Å². The molecular weight excluding hydrogens is 482 g/mol. The number of hydrogen-bond acceptors (Lipinski definition) is 6. The van der Waals surface area contributed by atoms with E-state index in [1.807, 2.05) is 0 Å². The summed E-state index contributed by atoms with van der Waals surface area (Å²) in [7, 11) is 0. The van der Waals surface area contributed by atoms with Crippen molar-refractivity contribution >= 4 is 22.6 Å². The summed E-state index contributed by atoms with van der Waals surface area (Å²) < 4.78 is 39.6. The molecular formula is C27H22F2N4O4. The van der Waals surface area contributed by atoms with E-state index in [2.05, 4.69) is 11.1 Å². The smallest absolute Gasteiger partial charge is 0.347 e. The number of nitrogens with zero attached hydrogens (tertiary/aromatic N) is 4. The number of ether oxygens (including phenoxy) is 2. The van der Waals surface area contributed by atoms with Crippen LogP contribution in [0.3, 0.4) is 0 Å². The fraction of sp³-hybridized carbons (Fsp3) is 0.222. The van der Waals surface area contributed by atoms with Gasteiger partial charge < -0.3 is 14.7 Å². The van der Waals surface area contributed by atoms with E-state index in [4.69, 9.17) is 9.47 Å². The normalized spacial score (nSPS) is 16.4. The molecule has 1 aromatic heterocycles.